The van der Waals surface area contributed by atoms with Crippen LogP contribution in [0.1, 0.15) is 6.92 Å². The quantitative estimate of drug-likeness (QED) is 0.288. The molecule has 0 saturated heterocycles. The van der Waals surface area contributed by atoms with E-state index < -0.39 is 10.0 Å². The van der Waals surface area contributed by atoms with Crippen LogP contribution in [0.15, 0.2) is 90.1 Å². The molecule has 35 heavy (non-hydrogen) atoms. The van der Waals surface area contributed by atoms with Crippen molar-refractivity contribution in [3.05, 3.63) is 85.2 Å². The Morgan fingerprint density at radius 1 is 0.743 bits per heavy atom. The first-order valence-electron chi connectivity index (χ1n) is 10.7. The number of sulfonamides is 1. The van der Waals surface area contributed by atoms with Crippen molar-refractivity contribution in [3.8, 4) is 11.1 Å². The molecule has 10 heteroatoms. The molecule has 4 N–H and O–H groups in total. The Balaban J connectivity index is 1.50. The molecule has 4 rings (SSSR count). The van der Waals surface area contributed by atoms with Gasteiger partial charge in [-0.25, -0.2) is 23.1 Å². The van der Waals surface area contributed by atoms with Gasteiger partial charge in [0.15, 0.2) is 0 Å². The second kappa shape index (κ2) is 10.3. The smallest absolute Gasteiger partial charge is 0.240 e. The highest BCUT2D eigenvalue weighted by molar-refractivity contribution is 7.89. The summed E-state index contributed by atoms with van der Waals surface area (Å²) in [6, 6.07) is 23.6. The van der Waals surface area contributed by atoms with Gasteiger partial charge in [-0.05, 0) is 60.6 Å². The van der Waals surface area contributed by atoms with Crippen LogP contribution in [0.4, 0.5) is 28.7 Å². The van der Waals surface area contributed by atoms with Gasteiger partial charge >= 0.3 is 0 Å². The molecular formula is C25H24N6O3S. The van der Waals surface area contributed by atoms with Crippen molar-refractivity contribution in [1.82, 2.24) is 14.7 Å². The van der Waals surface area contributed by atoms with E-state index in [1.807, 2.05) is 48.5 Å². The van der Waals surface area contributed by atoms with Crippen molar-refractivity contribution >= 4 is 44.6 Å². The van der Waals surface area contributed by atoms with Crippen LogP contribution in [0.3, 0.4) is 0 Å². The standard InChI is InChI=1S/C25H24N6O3S/c1-17(32)29-20-11-9-18(10-12-20)19-5-3-6-21(13-19)30-24-15-25(28-16-27-24)31-22-7-4-8-23(14-22)35(33,34)26-2/h3-16,26H,1-2H3,(H,29,32)(H2,27,28,30,31). The third-order valence-electron chi connectivity index (χ3n) is 5.03. The van der Waals surface area contributed by atoms with Crippen LogP contribution in [0.25, 0.3) is 11.1 Å². The molecular weight excluding hydrogens is 464 g/mol. The topological polar surface area (TPSA) is 125 Å². The molecule has 0 unspecified atom stereocenters. The summed E-state index contributed by atoms with van der Waals surface area (Å²) in [5.74, 6) is 0.962. The predicted molar refractivity (Wildman–Crippen MR) is 137 cm³/mol. The number of nitrogens with zero attached hydrogens (tertiary/aromatic N) is 2. The number of amides is 1. The maximum absolute atomic E-state index is 12.1. The van der Waals surface area contributed by atoms with E-state index in [0.717, 1.165) is 22.5 Å². The average Bonchev–Trinajstić information content (AvgIpc) is 2.85. The van der Waals surface area contributed by atoms with Gasteiger partial charge in [0.2, 0.25) is 15.9 Å². The number of benzene rings is 3. The molecule has 3 aromatic carbocycles. The SMILES string of the molecule is CNS(=O)(=O)c1cccc(Nc2cc(Nc3cccc(-c4ccc(NC(C)=O)cc4)c3)ncn2)c1. The van der Waals surface area contributed by atoms with Crippen molar-refractivity contribution < 1.29 is 13.2 Å². The monoisotopic (exact) mass is 488 g/mol. The number of rotatable bonds is 8. The van der Waals surface area contributed by atoms with Crippen molar-refractivity contribution in [1.29, 1.82) is 0 Å². The molecule has 0 atom stereocenters. The van der Waals surface area contributed by atoms with Gasteiger partial charge in [0.05, 0.1) is 4.90 Å². The fourth-order valence-electron chi connectivity index (χ4n) is 3.37. The number of carbonyl (C=O) groups is 1. The van der Waals surface area contributed by atoms with Crippen LogP contribution in [0.2, 0.25) is 0 Å². The maximum Gasteiger partial charge on any atom is 0.240 e. The molecule has 0 aliphatic heterocycles. The highest BCUT2D eigenvalue weighted by atomic mass is 32.2. The van der Waals surface area contributed by atoms with Crippen LogP contribution in [-0.2, 0) is 14.8 Å². The lowest BCUT2D eigenvalue weighted by molar-refractivity contribution is -0.114. The third kappa shape index (κ3) is 6.19. The first-order chi connectivity index (χ1) is 16.8. The van der Waals surface area contributed by atoms with Crippen LogP contribution >= 0.6 is 0 Å². The van der Waals surface area contributed by atoms with Gasteiger partial charge in [-0.2, -0.15) is 0 Å². The molecule has 0 fully saturated rings. The van der Waals surface area contributed by atoms with Crippen molar-refractivity contribution in [2.24, 2.45) is 0 Å². The Hall–Kier alpha value is -4.28. The van der Waals surface area contributed by atoms with E-state index in [1.165, 1.54) is 32.4 Å². The number of anilines is 5. The zero-order chi connectivity index (χ0) is 24.8. The second-order valence-electron chi connectivity index (χ2n) is 7.61. The first-order valence-corrected chi connectivity index (χ1v) is 12.2. The lowest BCUT2D eigenvalue weighted by atomic mass is 10.0. The minimum absolute atomic E-state index is 0.113. The highest BCUT2D eigenvalue weighted by Gasteiger charge is 2.12. The molecule has 0 bridgehead atoms. The fraction of sp³-hybridized carbons (Fsp3) is 0.0800. The molecule has 0 spiro atoms. The van der Waals surface area contributed by atoms with E-state index in [0.29, 0.717) is 17.3 Å². The summed E-state index contributed by atoms with van der Waals surface area (Å²) in [5.41, 5.74) is 4.16. The van der Waals surface area contributed by atoms with Crippen LogP contribution in [-0.4, -0.2) is 31.3 Å². The summed E-state index contributed by atoms with van der Waals surface area (Å²) < 4.78 is 26.4. The van der Waals surface area contributed by atoms with Gasteiger partial charge in [-0.3, -0.25) is 4.79 Å². The Kier molecular flexibility index (Phi) is 7.04. The summed E-state index contributed by atoms with van der Waals surface area (Å²) in [6.07, 6.45) is 1.42. The van der Waals surface area contributed by atoms with Gasteiger partial charge in [0, 0.05) is 30.1 Å². The van der Waals surface area contributed by atoms with Crippen LogP contribution < -0.4 is 20.7 Å². The lowest BCUT2D eigenvalue weighted by Crippen LogP contribution is -2.18. The summed E-state index contributed by atoms with van der Waals surface area (Å²) in [4.78, 5) is 19.9. The molecule has 4 aromatic rings. The third-order valence-corrected chi connectivity index (χ3v) is 6.44. The number of carbonyl (C=O) groups excluding carboxylic acids is 1. The minimum atomic E-state index is -3.55. The van der Waals surface area contributed by atoms with E-state index >= 15 is 0 Å². The molecule has 1 heterocycles. The van der Waals surface area contributed by atoms with Gasteiger partial charge < -0.3 is 16.0 Å². The van der Waals surface area contributed by atoms with E-state index in [9.17, 15) is 13.2 Å². The summed E-state index contributed by atoms with van der Waals surface area (Å²) in [7, 11) is -2.18. The molecule has 0 aliphatic rings. The number of aromatic nitrogens is 2. The molecule has 0 aliphatic carbocycles. The fourth-order valence-corrected chi connectivity index (χ4v) is 4.15. The zero-order valence-electron chi connectivity index (χ0n) is 19.1. The van der Waals surface area contributed by atoms with Crippen LogP contribution in [0, 0.1) is 0 Å². The molecule has 0 radical (unpaired) electrons. The molecule has 178 valence electrons. The maximum atomic E-state index is 12.1. The van der Waals surface area contributed by atoms with Crippen molar-refractivity contribution in [3.63, 3.8) is 0 Å². The van der Waals surface area contributed by atoms with E-state index in [-0.39, 0.29) is 10.8 Å². The summed E-state index contributed by atoms with van der Waals surface area (Å²) in [6.45, 7) is 1.47. The zero-order valence-corrected chi connectivity index (χ0v) is 19.9. The summed E-state index contributed by atoms with van der Waals surface area (Å²) >= 11 is 0. The Morgan fingerprint density at radius 3 is 2.00 bits per heavy atom. The lowest BCUT2D eigenvalue weighted by Gasteiger charge is -2.11. The van der Waals surface area contributed by atoms with Gasteiger partial charge in [-0.1, -0.05) is 30.3 Å². The van der Waals surface area contributed by atoms with Gasteiger partial charge in [0.1, 0.15) is 18.0 Å². The van der Waals surface area contributed by atoms with Gasteiger partial charge in [-0.15, -0.1) is 0 Å². The predicted octanol–water partition coefficient (Wildman–Crippen LogP) is 4.50. The normalized spacial score (nSPS) is 11.0. The average molecular weight is 489 g/mol. The largest absolute Gasteiger partial charge is 0.340 e. The molecule has 1 amide bonds. The first kappa shape index (κ1) is 23.9. The van der Waals surface area contributed by atoms with Crippen molar-refractivity contribution in [2.75, 3.05) is 23.0 Å². The Bertz CT molecular complexity index is 1460. The van der Waals surface area contributed by atoms with E-state index in [1.54, 1.807) is 18.2 Å². The molecule has 9 nitrogen and oxygen atoms in total. The number of nitrogens with one attached hydrogen (secondary N) is 4. The summed E-state index contributed by atoms with van der Waals surface area (Å²) in [5, 5.41) is 9.14. The second-order valence-corrected chi connectivity index (χ2v) is 9.50. The highest BCUT2D eigenvalue weighted by Crippen LogP contribution is 2.26. The Labute approximate surface area is 203 Å². The van der Waals surface area contributed by atoms with Crippen molar-refractivity contribution in [2.45, 2.75) is 11.8 Å². The van der Waals surface area contributed by atoms with E-state index in [4.69, 9.17) is 0 Å². The Morgan fingerprint density at radius 2 is 1.37 bits per heavy atom. The number of hydrogen-bond acceptors (Lipinski definition) is 7. The molecule has 1 aromatic heterocycles. The minimum Gasteiger partial charge on any atom is -0.340 e. The van der Waals surface area contributed by atoms with Crippen LogP contribution in [0.5, 0.6) is 0 Å². The van der Waals surface area contributed by atoms with Gasteiger partial charge in [0.25, 0.3) is 0 Å². The number of hydrogen-bond donors (Lipinski definition) is 4. The van der Waals surface area contributed by atoms with E-state index in [2.05, 4.69) is 30.6 Å². The molecule has 0 saturated carbocycles.